The Balaban J connectivity index is -0.000000174. The first kappa shape index (κ1) is 77.9. The van der Waals surface area contributed by atoms with Crippen LogP contribution in [0.2, 0.25) is 0 Å². The minimum Gasteiger partial charge on any atom is -0.261 e. The number of rotatable bonds is 0. The summed E-state index contributed by atoms with van der Waals surface area (Å²) in [5.74, 6) is 0.898. The molecule has 0 spiro atoms. The van der Waals surface area contributed by atoms with Gasteiger partial charge in [0.1, 0.15) is 18.5 Å². The van der Waals surface area contributed by atoms with Crippen molar-refractivity contribution in [1.29, 1.82) is 0 Å². The van der Waals surface area contributed by atoms with Crippen LogP contribution in [0.15, 0.2) is 111 Å². The van der Waals surface area contributed by atoms with E-state index in [2.05, 4.69) is 185 Å². The maximum atomic E-state index is 4.19. The quantitative estimate of drug-likeness (QED) is 0.142. The number of aromatic nitrogens is 12. The van der Waals surface area contributed by atoms with Gasteiger partial charge >= 0.3 is 0 Å². The van der Waals surface area contributed by atoms with Crippen LogP contribution in [0, 0.1) is 0 Å². The minimum absolute atomic E-state index is 0.0707. The third-order valence-electron chi connectivity index (χ3n) is 8.14. The molecule has 0 N–H and O–H groups in total. The first-order valence-electron chi connectivity index (χ1n) is 26.2. The molecule has 12 nitrogen and oxygen atoms in total. The number of hydrogen-bond donors (Lipinski definition) is 0. The molecule has 0 aromatic carbocycles. The summed E-state index contributed by atoms with van der Waals surface area (Å²) in [6.07, 6.45) is 22.6. The van der Waals surface area contributed by atoms with Crippen LogP contribution in [-0.2, 0) is 32.5 Å². The highest BCUT2D eigenvalue weighted by atomic mass is 15.1. The van der Waals surface area contributed by atoms with E-state index in [-0.39, 0.29) is 32.5 Å². The fourth-order valence-electron chi connectivity index (χ4n) is 4.23. The van der Waals surface area contributed by atoms with Gasteiger partial charge in [-0.3, -0.25) is 9.97 Å². The molecule has 0 atom stereocenters. The van der Waals surface area contributed by atoms with E-state index in [1.54, 1.807) is 68.4 Å². The standard InChI is InChI=1S/6C8H12N2.6C2H6/c1-8(2,3)7-4-9-6-10-5-7;1-8(2,3)7-6-9-4-5-10-7;1-8(2,3)7-4-5-9-6-10-7;1-8(2,3)7-4-5-9-10-6-7;1-8(2,3)7-9-5-4-6-10-7;1-8(2,3)7-5-4-6-9-10-7;6*1-2/h6*4-6H,1-3H3;6*1-2H3. The first-order chi connectivity index (χ1) is 33.6. The zero-order chi connectivity index (χ0) is 57.7. The van der Waals surface area contributed by atoms with Crippen LogP contribution in [0.4, 0.5) is 0 Å². The highest BCUT2D eigenvalue weighted by Crippen LogP contribution is 2.21. The average molecular weight is 998 g/mol. The molecule has 12 heteroatoms. The lowest BCUT2D eigenvalue weighted by molar-refractivity contribution is 0.545. The molecule has 0 amide bonds. The Morgan fingerprint density at radius 2 is 0.764 bits per heavy atom. The van der Waals surface area contributed by atoms with Gasteiger partial charge in [-0.15, -0.1) is 0 Å². The summed E-state index contributed by atoms with van der Waals surface area (Å²) in [4.78, 5) is 32.3. The number of nitrogens with zero attached hydrogens (tertiary/aromatic N) is 12. The van der Waals surface area contributed by atoms with Crippen molar-refractivity contribution in [2.75, 3.05) is 0 Å². The molecule has 0 aliphatic rings. The summed E-state index contributed by atoms with van der Waals surface area (Å²) in [6, 6.07) is 9.67. The fraction of sp³-hybridized carbons (Fsp3) is 0.600. The molecule has 0 bridgehead atoms. The third kappa shape index (κ3) is 42.2. The van der Waals surface area contributed by atoms with Gasteiger partial charge in [0.05, 0.1) is 17.6 Å². The topological polar surface area (TPSA) is 155 Å². The summed E-state index contributed by atoms with van der Waals surface area (Å²) in [5, 5.41) is 15.3. The molecule has 0 aliphatic heterocycles. The fourth-order valence-corrected chi connectivity index (χ4v) is 4.23. The summed E-state index contributed by atoms with van der Waals surface area (Å²) in [5.41, 5.74) is 6.37. The maximum Gasteiger partial charge on any atom is 0.133 e. The molecule has 0 saturated carbocycles. The Kier molecular flexibility index (Phi) is 47.8. The smallest absolute Gasteiger partial charge is 0.133 e. The van der Waals surface area contributed by atoms with Crippen LogP contribution in [0.5, 0.6) is 0 Å². The van der Waals surface area contributed by atoms with E-state index in [4.69, 9.17) is 0 Å². The molecule has 0 saturated heterocycles. The summed E-state index contributed by atoms with van der Waals surface area (Å²) >= 11 is 0. The van der Waals surface area contributed by atoms with Gasteiger partial charge in [-0.1, -0.05) is 208 Å². The minimum atomic E-state index is 0.0707. The molecule has 0 unspecified atom stereocenters. The van der Waals surface area contributed by atoms with Crippen molar-refractivity contribution in [1.82, 2.24) is 60.3 Å². The van der Waals surface area contributed by atoms with E-state index in [9.17, 15) is 0 Å². The van der Waals surface area contributed by atoms with Crippen LogP contribution < -0.4 is 0 Å². The second-order valence-corrected chi connectivity index (χ2v) is 20.1. The van der Waals surface area contributed by atoms with Crippen molar-refractivity contribution in [2.24, 2.45) is 0 Å². The predicted molar refractivity (Wildman–Crippen MR) is 312 cm³/mol. The van der Waals surface area contributed by atoms with Gasteiger partial charge in [0, 0.05) is 89.3 Å². The summed E-state index contributed by atoms with van der Waals surface area (Å²) in [6.45, 7) is 62.3. The van der Waals surface area contributed by atoms with Gasteiger partial charge in [-0.05, 0) is 52.3 Å². The van der Waals surface area contributed by atoms with E-state index in [1.807, 2.05) is 126 Å². The second kappa shape index (κ2) is 44.2. The van der Waals surface area contributed by atoms with Gasteiger partial charge in [-0.25, -0.2) is 29.9 Å². The summed E-state index contributed by atoms with van der Waals surface area (Å²) < 4.78 is 0. The molecule has 6 aromatic rings. The van der Waals surface area contributed by atoms with Gasteiger partial charge in [-0.2, -0.15) is 20.4 Å². The van der Waals surface area contributed by atoms with Crippen molar-refractivity contribution >= 4 is 0 Å². The molecular weight excluding hydrogens is 889 g/mol. The van der Waals surface area contributed by atoms with Gasteiger partial charge in [0.2, 0.25) is 0 Å². The Labute approximate surface area is 443 Å². The van der Waals surface area contributed by atoms with E-state index in [0.717, 1.165) is 22.9 Å². The van der Waals surface area contributed by atoms with Crippen LogP contribution in [0.1, 0.15) is 242 Å². The van der Waals surface area contributed by atoms with E-state index in [1.165, 1.54) is 11.1 Å². The van der Waals surface area contributed by atoms with Crippen molar-refractivity contribution in [3.8, 4) is 0 Å². The van der Waals surface area contributed by atoms with Gasteiger partial charge in [0.15, 0.2) is 0 Å². The van der Waals surface area contributed by atoms with E-state index < -0.39 is 0 Å². The number of hydrogen-bond acceptors (Lipinski definition) is 12. The SMILES string of the molecule is CC.CC.CC.CC.CC.CC.CC(C)(C)c1cccnn1.CC(C)(C)c1ccncn1.CC(C)(C)c1ccnnc1.CC(C)(C)c1cnccn1.CC(C)(C)c1cncnc1.CC(C)(C)c1ncccn1. The Bertz CT molecular complexity index is 1580. The van der Waals surface area contributed by atoms with Crippen molar-refractivity contribution < 1.29 is 0 Å². The lowest BCUT2D eigenvalue weighted by Crippen LogP contribution is -2.14. The van der Waals surface area contributed by atoms with Gasteiger partial charge in [0.25, 0.3) is 0 Å². The largest absolute Gasteiger partial charge is 0.261 e. The van der Waals surface area contributed by atoms with Crippen molar-refractivity contribution in [3.63, 3.8) is 0 Å². The summed E-state index contributed by atoms with van der Waals surface area (Å²) in [7, 11) is 0. The molecule has 6 aromatic heterocycles. The molecule has 0 radical (unpaired) electrons. The van der Waals surface area contributed by atoms with Crippen LogP contribution in [-0.4, -0.2) is 60.3 Å². The van der Waals surface area contributed by atoms with Crippen molar-refractivity contribution in [3.05, 3.63) is 145 Å². The van der Waals surface area contributed by atoms with E-state index in [0.29, 0.717) is 0 Å². The Morgan fingerprint density at radius 3 is 1.01 bits per heavy atom. The maximum absolute atomic E-state index is 4.19. The lowest BCUT2D eigenvalue weighted by Gasteiger charge is -2.16. The normalized spacial score (nSPS) is 10.1. The molecular formula is C60H108N12. The Hall–Kier alpha value is -5.52. The zero-order valence-corrected chi connectivity index (χ0v) is 51.8. The van der Waals surface area contributed by atoms with Crippen LogP contribution in [0.3, 0.4) is 0 Å². The lowest BCUT2D eigenvalue weighted by atomic mass is 9.89. The van der Waals surface area contributed by atoms with Gasteiger partial charge < -0.3 is 0 Å². The monoisotopic (exact) mass is 997 g/mol. The highest BCUT2D eigenvalue weighted by Gasteiger charge is 2.17. The predicted octanol–water partition coefficient (Wildman–Crippen LogP) is 16.8. The molecule has 0 aliphatic carbocycles. The second-order valence-electron chi connectivity index (χ2n) is 20.1. The molecule has 6 rings (SSSR count). The molecule has 6 heterocycles. The van der Waals surface area contributed by atoms with Crippen LogP contribution >= 0.6 is 0 Å². The molecule has 0 fully saturated rings. The third-order valence-corrected chi connectivity index (χ3v) is 8.14. The zero-order valence-electron chi connectivity index (χ0n) is 51.8. The Morgan fingerprint density at radius 1 is 0.278 bits per heavy atom. The van der Waals surface area contributed by atoms with E-state index >= 15 is 0 Å². The highest BCUT2D eigenvalue weighted by molar-refractivity contribution is 5.16. The molecule has 72 heavy (non-hydrogen) atoms. The molecule has 408 valence electrons. The van der Waals surface area contributed by atoms with Crippen molar-refractivity contribution in [2.45, 2.75) is 240 Å². The average Bonchev–Trinajstić information content (AvgIpc) is 3.39. The first-order valence-corrected chi connectivity index (χ1v) is 26.2. The van der Waals surface area contributed by atoms with Crippen LogP contribution in [0.25, 0.3) is 0 Å².